The molecule has 2 saturated heterocycles. The number of ether oxygens (including phenoxy) is 2. The van der Waals surface area contributed by atoms with Crippen molar-refractivity contribution in [2.24, 2.45) is 17.3 Å². The van der Waals surface area contributed by atoms with Crippen LogP contribution in [0.2, 0.25) is 0 Å². The first-order chi connectivity index (χ1) is 28.0. The van der Waals surface area contributed by atoms with Gasteiger partial charge in [0.2, 0.25) is 11.8 Å². The fraction of sp³-hybridized carbons (Fsp3) is 0.500. The van der Waals surface area contributed by atoms with Crippen molar-refractivity contribution in [2.45, 2.75) is 90.3 Å². The van der Waals surface area contributed by atoms with Crippen LogP contribution in [0.3, 0.4) is 0 Å². The molecule has 4 atom stereocenters. The number of carbonyl (C=O) groups is 4. The first kappa shape index (κ1) is 40.4. The number of H-pyrrole nitrogens is 2. The second-order valence-corrected chi connectivity index (χ2v) is 16.4. The van der Waals surface area contributed by atoms with Gasteiger partial charge in [0.25, 0.3) is 0 Å². The van der Waals surface area contributed by atoms with Crippen molar-refractivity contribution in [3.63, 3.8) is 0 Å². The number of methoxy groups -OCH3 is 2. The van der Waals surface area contributed by atoms with Gasteiger partial charge in [0.05, 0.1) is 43.0 Å². The summed E-state index contributed by atoms with van der Waals surface area (Å²) in [5, 5.41) is 5.42. The number of carbonyl (C=O) groups excluding carboxylic acids is 4. The highest BCUT2D eigenvalue weighted by Gasteiger charge is 2.55. The number of nitrogens with zero attached hydrogens (tertiary/aromatic N) is 4. The molecule has 1 spiro atoms. The molecule has 4 amide bonds. The van der Waals surface area contributed by atoms with Crippen molar-refractivity contribution in [1.29, 1.82) is 0 Å². The van der Waals surface area contributed by atoms with Crippen LogP contribution in [0.5, 0.6) is 0 Å². The summed E-state index contributed by atoms with van der Waals surface area (Å²) in [6, 6.07) is 12.9. The van der Waals surface area contributed by atoms with E-state index in [0.29, 0.717) is 19.6 Å². The Labute approximate surface area is 339 Å². The fourth-order valence-corrected chi connectivity index (χ4v) is 8.29. The zero-order chi connectivity index (χ0) is 41.0. The molecule has 14 heteroatoms. The molecule has 0 bridgehead atoms. The molecule has 4 aromatic rings. The Hall–Kier alpha value is -5.84. The van der Waals surface area contributed by atoms with E-state index in [9.17, 15) is 19.2 Å². The topological polar surface area (TPSA) is 175 Å². The molecule has 0 unspecified atom stereocenters. The average molecular weight is 791 g/mol. The second-order valence-electron chi connectivity index (χ2n) is 16.4. The van der Waals surface area contributed by atoms with E-state index in [1.807, 2.05) is 79.2 Å². The Balaban J connectivity index is 0.980. The van der Waals surface area contributed by atoms with Crippen molar-refractivity contribution in [2.75, 3.05) is 33.9 Å². The number of rotatable bonds is 12. The van der Waals surface area contributed by atoms with Crippen LogP contribution in [-0.4, -0.2) is 93.6 Å². The third kappa shape index (κ3) is 8.98. The minimum absolute atomic E-state index is 0.0836. The SMILES string of the molecule is COC(=O)NCCCC[C@H](C)C(=O)N1CCC[C@H]1c1nc(-c2ccc(C#Cc3ccc4[nH]c([C@@H]5CC6(CC6)CN5C(=O)[C@@H](NC(=O)OC)C(C)C)nc4c3)cc2)c[nH]1. The summed E-state index contributed by atoms with van der Waals surface area (Å²) in [5.41, 5.74) is 5.23. The van der Waals surface area contributed by atoms with Crippen LogP contribution in [0.15, 0.2) is 48.7 Å². The smallest absolute Gasteiger partial charge is 0.407 e. The summed E-state index contributed by atoms with van der Waals surface area (Å²) in [4.78, 5) is 71.2. The number of aromatic amines is 2. The van der Waals surface area contributed by atoms with E-state index in [0.717, 1.165) is 96.4 Å². The quantitative estimate of drug-likeness (QED) is 0.0916. The number of alkyl carbamates (subject to hydrolysis) is 2. The maximum atomic E-state index is 13.9. The zero-order valence-electron chi connectivity index (χ0n) is 34.0. The average Bonchev–Trinajstić information content (AvgIpc) is 3.72. The zero-order valence-corrected chi connectivity index (χ0v) is 34.0. The van der Waals surface area contributed by atoms with Gasteiger partial charge in [-0.1, -0.05) is 51.2 Å². The van der Waals surface area contributed by atoms with Gasteiger partial charge in [-0.15, -0.1) is 0 Å². The van der Waals surface area contributed by atoms with Gasteiger partial charge in [0, 0.05) is 48.4 Å². The van der Waals surface area contributed by atoms with E-state index in [-0.39, 0.29) is 41.1 Å². The highest BCUT2D eigenvalue weighted by molar-refractivity contribution is 5.87. The molecule has 2 aliphatic heterocycles. The number of hydrogen-bond acceptors (Lipinski definition) is 8. The summed E-state index contributed by atoms with van der Waals surface area (Å²) in [5.74, 6) is 7.90. The van der Waals surface area contributed by atoms with E-state index >= 15 is 0 Å². The Bertz CT molecular complexity index is 2200. The monoisotopic (exact) mass is 790 g/mol. The molecule has 2 aromatic heterocycles. The Kier molecular flexibility index (Phi) is 12.1. The molecule has 1 saturated carbocycles. The van der Waals surface area contributed by atoms with Crippen LogP contribution in [0, 0.1) is 29.1 Å². The molecule has 4 heterocycles. The molecule has 3 aliphatic rings. The highest BCUT2D eigenvalue weighted by Crippen LogP contribution is 2.58. The van der Waals surface area contributed by atoms with Crippen LogP contribution in [0.25, 0.3) is 22.3 Å². The lowest BCUT2D eigenvalue weighted by molar-refractivity contribution is -0.136. The lowest BCUT2D eigenvalue weighted by Crippen LogP contribution is -2.51. The number of likely N-dealkylation sites (tertiary alicyclic amines) is 2. The number of hydrogen-bond donors (Lipinski definition) is 4. The normalized spacial score (nSPS) is 19.1. The summed E-state index contributed by atoms with van der Waals surface area (Å²) in [6.07, 6.45) is 8.02. The number of nitrogens with one attached hydrogen (secondary N) is 4. The predicted octanol–water partition coefficient (Wildman–Crippen LogP) is 6.61. The third-order valence-electron chi connectivity index (χ3n) is 11.9. The van der Waals surface area contributed by atoms with E-state index in [2.05, 4.69) is 37.2 Å². The largest absolute Gasteiger partial charge is 0.453 e. The van der Waals surface area contributed by atoms with Gasteiger partial charge in [-0.25, -0.2) is 19.6 Å². The molecular weight excluding hydrogens is 737 g/mol. The molecular formula is C44H54N8O6. The number of aromatic nitrogens is 4. The van der Waals surface area contributed by atoms with Crippen molar-refractivity contribution in [3.05, 3.63) is 71.4 Å². The van der Waals surface area contributed by atoms with Gasteiger partial charge in [-0.05, 0) is 86.6 Å². The summed E-state index contributed by atoms with van der Waals surface area (Å²) in [7, 11) is 2.65. The minimum Gasteiger partial charge on any atom is -0.453 e. The number of unbranched alkanes of at least 4 members (excludes halogenated alkanes) is 1. The van der Waals surface area contributed by atoms with Crippen molar-refractivity contribution in [3.8, 4) is 23.1 Å². The van der Waals surface area contributed by atoms with Crippen molar-refractivity contribution < 1.29 is 28.7 Å². The van der Waals surface area contributed by atoms with Gasteiger partial charge in [0.15, 0.2) is 0 Å². The van der Waals surface area contributed by atoms with Gasteiger partial charge in [0.1, 0.15) is 17.7 Å². The maximum Gasteiger partial charge on any atom is 0.407 e. The van der Waals surface area contributed by atoms with E-state index in [4.69, 9.17) is 14.7 Å². The van der Waals surface area contributed by atoms with Crippen molar-refractivity contribution in [1.82, 2.24) is 40.4 Å². The second kappa shape index (κ2) is 17.3. The highest BCUT2D eigenvalue weighted by atomic mass is 16.5. The molecule has 4 N–H and O–H groups in total. The van der Waals surface area contributed by atoms with Crippen LogP contribution in [-0.2, 0) is 19.1 Å². The summed E-state index contributed by atoms with van der Waals surface area (Å²) >= 11 is 0. The van der Waals surface area contributed by atoms with Crippen molar-refractivity contribution >= 4 is 35.0 Å². The van der Waals surface area contributed by atoms with E-state index in [1.54, 1.807) is 0 Å². The Morgan fingerprint density at radius 2 is 1.64 bits per heavy atom. The Morgan fingerprint density at radius 3 is 2.36 bits per heavy atom. The molecule has 306 valence electrons. The molecule has 7 rings (SSSR count). The summed E-state index contributed by atoms with van der Waals surface area (Å²) < 4.78 is 9.41. The molecule has 1 aliphatic carbocycles. The molecule has 0 radical (unpaired) electrons. The molecule has 14 nitrogen and oxygen atoms in total. The first-order valence-electron chi connectivity index (χ1n) is 20.4. The van der Waals surface area contributed by atoms with E-state index < -0.39 is 18.2 Å². The molecule has 3 fully saturated rings. The third-order valence-corrected chi connectivity index (χ3v) is 11.9. The predicted molar refractivity (Wildman–Crippen MR) is 218 cm³/mol. The molecule has 58 heavy (non-hydrogen) atoms. The van der Waals surface area contributed by atoms with Crippen LogP contribution < -0.4 is 10.6 Å². The minimum atomic E-state index is -0.692. The first-order valence-corrected chi connectivity index (χ1v) is 20.4. The van der Waals surface area contributed by atoms with Gasteiger partial charge >= 0.3 is 12.2 Å². The lowest BCUT2D eigenvalue weighted by atomic mass is 10.0. The molecule has 2 aromatic carbocycles. The van der Waals surface area contributed by atoms with Crippen LogP contribution >= 0.6 is 0 Å². The fourth-order valence-electron chi connectivity index (χ4n) is 8.29. The maximum absolute atomic E-state index is 13.9. The van der Waals surface area contributed by atoms with Gasteiger partial charge in [-0.3, -0.25) is 9.59 Å². The van der Waals surface area contributed by atoms with Crippen LogP contribution in [0.1, 0.15) is 107 Å². The van der Waals surface area contributed by atoms with Crippen LogP contribution in [0.4, 0.5) is 9.59 Å². The number of fused-ring (bicyclic) bond motifs is 1. The number of amides is 4. The summed E-state index contributed by atoms with van der Waals surface area (Å²) in [6.45, 7) is 7.71. The Morgan fingerprint density at radius 1 is 0.897 bits per heavy atom. The number of benzene rings is 2. The van der Waals surface area contributed by atoms with Gasteiger partial charge in [-0.2, -0.15) is 0 Å². The van der Waals surface area contributed by atoms with Gasteiger partial charge < -0.3 is 39.9 Å². The number of imidazole rings is 2. The van der Waals surface area contributed by atoms with E-state index in [1.165, 1.54) is 14.2 Å². The lowest BCUT2D eigenvalue weighted by Gasteiger charge is -2.30. The standard InChI is InChI=1S/C44H54N8O6/c1-27(2)37(50-43(56)58-5)41(54)52-26-44(19-20-44)24-36(52)39-47-32-18-15-30(23-33(32)48-39)12-11-29-13-16-31(17-14-29)34-25-46-38(49-34)35-10-8-22-51(35)40(53)28(3)9-6-7-21-45-42(55)57-4/h13-18,23,25,27-28,35-37H,6-10,19-22,24,26H2,1-5H3,(H,45,55)(H,46,49)(H,47,48)(H,50,56)/t28-,35-,36-,37-/m0/s1.